The summed E-state index contributed by atoms with van der Waals surface area (Å²) in [6, 6.07) is 12.8. The predicted molar refractivity (Wildman–Crippen MR) is 111 cm³/mol. The Morgan fingerprint density at radius 2 is 1.85 bits per heavy atom. The monoisotopic (exact) mass is 400 g/mol. The molecule has 2 aromatic carbocycles. The van der Waals surface area contributed by atoms with Crippen LogP contribution in [0.1, 0.15) is 30.9 Å². The van der Waals surface area contributed by atoms with E-state index in [9.17, 15) is 13.2 Å². The SMILES string of the molecule is CC(C)c1ccc(C=CC(=O)Nc2nc3ccc(S(C)(=O)=O)cc3s2)cc1. The van der Waals surface area contributed by atoms with Gasteiger partial charge >= 0.3 is 0 Å². The molecule has 0 spiro atoms. The standard InChI is InChI=1S/C20H20N2O3S2/c1-13(2)15-7-4-14(5-8-15)6-11-19(23)22-20-21-17-10-9-16(27(3,24)25)12-18(17)26-20/h4-13H,1-3H3,(H,21,22,23). The first-order valence-electron chi connectivity index (χ1n) is 8.42. The molecule has 0 aliphatic carbocycles. The molecule has 0 saturated carbocycles. The van der Waals surface area contributed by atoms with Crippen molar-refractivity contribution in [3.8, 4) is 0 Å². The third-order valence-electron chi connectivity index (χ3n) is 4.05. The van der Waals surface area contributed by atoms with Gasteiger partial charge in [-0.3, -0.25) is 10.1 Å². The number of benzene rings is 2. The smallest absolute Gasteiger partial charge is 0.250 e. The van der Waals surface area contributed by atoms with E-state index in [-0.39, 0.29) is 10.8 Å². The second kappa shape index (κ2) is 7.62. The Morgan fingerprint density at radius 1 is 1.15 bits per heavy atom. The highest BCUT2D eigenvalue weighted by Crippen LogP contribution is 2.28. The summed E-state index contributed by atoms with van der Waals surface area (Å²) in [5.41, 5.74) is 2.84. The minimum absolute atomic E-state index is 0.237. The van der Waals surface area contributed by atoms with Crippen molar-refractivity contribution in [2.24, 2.45) is 0 Å². The lowest BCUT2D eigenvalue weighted by Gasteiger charge is -2.04. The molecular formula is C20H20N2O3S2. The Morgan fingerprint density at radius 3 is 2.48 bits per heavy atom. The number of thiazole rings is 1. The Hall–Kier alpha value is -2.51. The number of amides is 1. The van der Waals surface area contributed by atoms with Crippen molar-refractivity contribution < 1.29 is 13.2 Å². The van der Waals surface area contributed by atoms with Crippen molar-refractivity contribution in [2.45, 2.75) is 24.7 Å². The zero-order valence-electron chi connectivity index (χ0n) is 15.3. The van der Waals surface area contributed by atoms with Crippen LogP contribution in [-0.4, -0.2) is 25.6 Å². The van der Waals surface area contributed by atoms with E-state index in [2.05, 4.69) is 36.3 Å². The van der Waals surface area contributed by atoms with Gasteiger partial charge in [0.1, 0.15) is 0 Å². The first-order chi connectivity index (χ1) is 12.7. The van der Waals surface area contributed by atoms with Crippen molar-refractivity contribution in [3.63, 3.8) is 0 Å². The van der Waals surface area contributed by atoms with Gasteiger partial charge < -0.3 is 0 Å². The van der Waals surface area contributed by atoms with Crippen LogP contribution in [0.4, 0.5) is 5.13 Å². The molecule has 0 radical (unpaired) electrons. The zero-order chi connectivity index (χ0) is 19.6. The minimum atomic E-state index is -3.28. The maximum absolute atomic E-state index is 12.1. The van der Waals surface area contributed by atoms with Gasteiger partial charge in [-0.15, -0.1) is 0 Å². The van der Waals surface area contributed by atoms with Gasteiger partial charge in [0.2, 0.25) is 5.91 Å². The molecule has 27 heavy (non-hydrogen) atoms. The number of sulfone groups is 1. The van der Waals surface area contributed by atoms with Gasteiger partial charge in [-0.05, 0) is 41.3 Å². The Balaban J connectivity index is 1.71. The van der Waals surface area contributed by atoms with E-state index in [0.29, 0.717) is 21.3 Å². The molecule has 0 fully saturated rings. The lowest BCUT2D eigenvalue weighted by Crippen LogP contribution is -2.07. The summed E-state index contributed by atoms with van der Waals surface area (Å²) in [5, 5.41) is 3.15. The van der Waals surface area contributed by atoms with Crippen LogP contribution in [0.3, 0.4) is 0 Å². The summed E-state index contributed by atoms with van der Waals surface area (Å²) in [7, 11) is -3.28. The molecule has 0 unspecified atom stereocenters. The van der Waals surface area contributed by atoms with E-state index in [0.717, 1.165) is 11.8 Å². The summed E-state index contributed by atoms with van der Waals surface area (Å²) in [6.07, 6.45) is 4.36. The molecule has 0 aliphatic heterocycles. The van der Waals surface area contributed by atoms with Crippen LogP contribution in [0, 0.1) is 0 Å². The van der Waals surface area contributed by atoms with Crippen LogP contribution in [0.5, 0.6) is 0 Å². The van der Waals surface area contributed by atoms with E-state index in [4.69, 9.17) is 0 Å². The lowest BCUT2D eigenvalue weighted by molar-refractivity contribution is -0.111. The van der Waals surface area contributed by atoms with Gasteiger partial charge in [-0.25, -0.2) is 13.4 Å². The number of hydrogen-bond donors (Lipinski definition) is 1. The fraction of sp³-hybridized carbons (Fsp3) is 0.200. The summed E-state index contributed by atoms with van der Waals surface area (Å²) in [4.78, 5) is 16.7. The van der Waals surface area contributed by atoms with Crippen LogP contribution in [0.15, 0.2) is 53.4 Å². The first kappa shape index (κ1) is 19.3. The molecule has 7 heteroatoms. The van der Waals surface area contributed by atoms with E-state index >= 15 is 0 Å². The molecule has 5 nitrogen and oxygen atoms in total. The molecular weight excluding hydrogens is 380 g/mol. The van der Waals surface area contributed by atoms with Crippen LogP contribution in [-0.2, 0) is 14.6 Å². The van der Waals surface area contributed by atoms with Gasteiger partial charge in [0.05, 0.1) is 15.1 Å². The van der Waals surface area contributed by atoms with E-state index in [1.54, 1.807) is 18.2 Å². The maximum atomic E-state index is 12.1. The first-order valence-corrected chi connectivity index (χ1v) is 11.1. The number of anilines is 1. The van der Waals surface area contributed by atoms with Gasteiger partial charge in [0.25, 0.3) is 0 Å². The normalized spacial score (nSPS) is 12.1. The Labute approximate surface area is 162 Å². The van der Waals surface area contributed by atoms with Crippen LogP contribution < -0.4 is 5.32 Å². The number of rotatable bonds is 5. The maximum Gasteiger partial charge on any atom is 0.250 e. The number of nitrogens with zero attached hydrogens (tertiary/aromatic N) is 1. The summed E-state index contributed by atoms with van der Waals surface area (Å²) in [6.45, 7) is 4.27. The Kier molecular flexibility index (Phi) is 5.43. The third kappa shape index (κ3) is 4.81. The van der Waals surface area contributed by atoms with Gasteiger partial charge in [0.15, 0.2) is 15.0 Å². The second-order valence-electron chi connectivity index (χ2n) is 6.56. The Bertz CT molecular complexity index is 1110. The third-order valence-corrected chi connectivity index (χ3v) is 6.09. The molecule has 140 valence electrons. The number of carbonyl (C=O) groups is 1. The molecule has 0 atom stereocenters. The molecule has 0 bridgehead atoms. The summed E-state index contributed by atoms with van der Waals surface area (Å²) < 4.78 is 24.0. The molecule has 1 N–H and O–H groups in total. The lowest BCUT2D eigenvalue weighted by atomic mass is 10.0. The van der Waals surface area contributed by atoms with Crippen molar-refractivity contribution in [1.82, 2.24) is 4.98 Å². The highest BCUT2D eigenvalue weighted by atomic mass is 32.2. The molecule has 3 aromatic rings. The molecule has 0 saturated heterocycles. The highest BCUT2D eigenvalue weighted by Gasteiger charge is 2.11. The van der Waals surface area contributed by atoms with Crippen molar-refractivity contribution in [3.05, 3.63) is 59.7 Å². The fourth-order valence-electron chi connectivity index (χ4n) is 2.50. The zero-order valence-corrected chi connectivity index (χ0v) is 16.9. The molecule has 3 rings (SSSR count). The summed E-state index contributed by atoms with van der Waals surface area (Å²) in [5.74, 6) is 0.180. The number of fused-ring (bicyclic) bond motifs is 1. The van der Waals surface area contributed by atoms with Gasteiger partial charge in [0, 0.05) is 12.3 Å². The quantitative estimate of drug-likeness (QED) is 0.641. The number of aromatic nitrogens is 1. The second-order valence-corrected chi connectivity index (χ2v) is 9.61. The van der Waals surface area contributed by atoms with Crippen LogP contribution in [0.2, 0.25) is 0 Å². The fourth-order valence-corrected chi connectivity index (χ4v) is 4.13. The topological polar surface area (TPSA) is 76.1 Å². The molecule has 1 heterocycles. The average molecular weight is 401 g/mol. The predicted octanol–water partition coefficient (Wildman–Crippen LogP) is 4.48. The molecule has 1 aromatic heterocycles. The number of nitrogens with one attached hydrogen (secondary N) is 1. The van der Waals surface area contributed by atoms with Crippen molar-refractivity contribution in [1.29, 1.82) is 0 Å². The van der Waals surface area contributed by atoms with E-state index in [1.165, 1.54) is 29.0 Å². The highest BCUT2D eigenvalue weighted by molar-refractivity contribution is 7.90. The van der Waals surface area contributed by atoms with Gasteiger partial charge in [-0.1, -0.05) is 49.4 Å². The number of carbonyl (C=O) groups excluding carboxylic acids is 1. The van der Waals surface area contributed by atoms with Crippen LogP contribution >= 0.6 is 11.3 Å². The van der Waals surface area contributed by atoms with Crippen LogP contribution in [0.25, 0.3) is 16.3 Å². The van der Waals surface area contributed by atoms with Gasteiger partial charge in [-0.2, -0.15) is 0 Å². The average Bonchev–Trinajstić information content (AvgIpc) is 3.00. The largest absolute Gasteiger partial charge is 0.298 e. The summed E-state index contributed by atoms with van der Waals surface area (Å²) >= 11 is 1.24. The van der Waals surface area contributed by atoms with Crippen molar-refractivity contribution >= 4 is 48.5 Å². The van der Waals surface area contributed by atoms with E-state index < -0.39 is 9.84 Å². The van der Waals surface area contributed by atoms with E-state index in [1.807, 2.05) is 12.1 Å². The minimum Gasteiger partial charge on any atom is -0.298 e. The molecule has 1 amide bonds. The molecule has 0 aliphatic rings. The number of hydrogen-bond acceptors (Lipinski definition) is 5. The van der Waals surface area contributed by atoms with Crippen molar-refractivity contribution in [2.75, 3.05) is 11.6 Å².